The smallest absolute Gasteiger partial charge is 0.243 e. The number of nitrogens with one attached hydrogen (secondary N) is 2. The molecular weight excluding hydrogens is 475 g/mol. The molecule has 0 atom stereocenters. The minimum Gasteiger partial charge on any atom is -0.368 e. The molecule has 1 aliphatic carbocycles. The third-order valence-corrected chi connectivity index (χ3v) is 9.10. The summed E-state index contributed by atoms with van der Waals surface area (Å²) in [5, 5.41) is 7.04. The van der Waals surface area contributed by atoms with Crippen LogP contribution in [0, 0.1) is 5.82 Å². The molecule has 0 saturated carbocycles. The average Bonchev–Trinajstić information content (AvgIpc) is 2.84. The molecule has 5 rings (SSSR count). The number of piperidine rings is 1. The lowest BCUT2D eigenvalue weighted by molar-refractivity contribution is 0.241. The van der Waals surface area contributed by atoms with Crippen LogP contribution in [-0.2, 0) is 29.4 Å². The van der Waals surface area contributed by atoms with E-state index >= 15 is 0 Å². The molecule has 0 amide bonds. The Morgan fingerprint density at radius 2 is 1.74 bits per heavy atom. The van der Waals surface area contributed by atoms with Gasteiger partial charge in [-0.1, -0.05) is 18.2 Å². The van der Waals surface area contributed by atoms with Gasteiger partial charge in [-0.25, -0.2) is 12.8 Å². The van der Waals surface area contributed by atoms with Crippen molar-refractivity contribution >= 4 is 28.3 Å². The predicted molar refractivity (Wildman–Crippen MR) is 135 cm³/mol. The quantitative estimate of drug-likeness (QED) is 0.666. The summed E-state index contributed by atoms with van der Waals surface area (Å²) in [7, 11) is -3.52. The number of sulfonamides is 1. The fourth-order valence-corrected chi connectivity index (χ4v) is 6.74. The highest BCUT2D eigenvalue weighted by atomic mass is 35.5. The third-order valence-electron chi connectivity index (χ3n) is 7.21. The SMILES string of the molecule is Cl.O=S(=O)(c1ccc2c(c1)CCCC2)N1CCC2(CC1)NCCN=C2NCc1ccc(F)cc1. The molecule has 184 valence electrons. The van der Waals surface area contributed by atoms with Crippen molar-refractivity contribution in [1.82, 2.24) is 14.9 Å². The lowest BCUT2D eigenvalue weighted by Gasteiger charge is -2.44. The highest BCUT2D eigenvalue weighted by Crippen LogP contribution is 2.31. The van der Waals surface area contributed by atoms with Crippen LogP contribution < -0.4 is 10.6 Å². The van der Waals surface area contributed by atoms with Crippen LogP contribution in [0.25, 0.3) is 0 Å². The molecule has 0 unspecified atom stereocenters. The molecule has 3 aliphatic rings. The normalized spacial score (nSPS) is 20.2. The first-order valence-electron chi connectivity index (χ1n) is 11.9. The van der Waals surface area contributed by atoms with Gasteiger partial charge >= 0.3 is 0 Å². The second-order valence-corrected chi connectivity index (χ2v) is 11.2. The van der Waals surface area contributed by atoms with Crippen molar-refractivity contribution in [3.05, 3.63) is 65.0 Å². The average molecular weight is 507 g/mol. The Bertz CT molecular complexity index is 1150. The molecule has 6 nitrogen and oxygen atoms in total. The molecule has 2 N–H and O–H groups in total. The van der Waals surface area contributed by atoms with Crippen molar-refractivity contribution in [2.45, 2.75) is 55.5 Å². The summed E-state index contributed by atoms with van der Waals surface area (Å²) in [6, 6.07) is 12.1. The fraction of sp³-hybridized carbons (Fsp3) is 0.480. The molecule has 1 saturated heterocycles. The first-order valence-corrected chi connectivity index (χ1v) is 13.3. The Labute approximate surface area is 207 Å². The largest absolute Gasteiger partial charge is 0.368 e. The number of hydrogen-bond donors (Lipinski definition) is 2. The summed E-state index contributed by atoms with van der Waals surface area (Å²) < 4.78 is 41.6. The molecule has 2 aliphatic heterocycles. The molecule has 2 aromatic rings. The zero-order chi connectivity index (χ0) is 22.9. The van der Waals surface area contributed by atoms with Gasteiger partial charge in [0.05, 0.1) is 17.0 Å². The van der Waals surface area contributed by atoms with E-state index in [2.05, 4.69) is 10.6 Å². The number of aryl methyl sites for hydroxylation is 2. The fourth-order valence-electron chi connectivity index (χ4n) is 5.25. The van der Waals surface area contributed by atoms with Crippen LogP contribution in [0.2, 0.25) is 0 Å². The van der Waals surface area contributed by atoms with Gasteiger partial charge < -0.3 is 10.6 Å². The number of amidine groups is 1. The zero-order valence-electron chi connectivity index (χ0n) is 19.2. The molecule has 0 radical (unpaired) electrons. The van der Waals surface area contributed by atoms with Crippen LogP contribution in [-0.4, -0.2) is 50.3 Å². The number of halogens is 2. The van der Waals surface area contributed by atoms with Gasteiger partial charge in [-0.3, -0.25) is 4.99 Å². The van der Waals surface area contributed by atoms with E-state index in [-0.39, 0.29) is 23.8 Å². The van der Waals surface area contributed by atoms with Crippen molar-refractivity contribution < 1.29 is 12.8 Å². The molecule has 2 heterocycles. The molecule has 2 aromatic carbocycles. The number of rotatable bonds is 4. The third kappa shape index (κ3) is 5.00. The van der Waals surface area contributed by atoms with Gasteiger partial charge in [-0.15, -0.1) is 12.4 Å². The Kier molecular flexibility index (Phi) is 7.62. The van der Waals surface area contributed by atoms with E-state index in [4.69, 9.17) is 4.99 Å². The van der Waals surface area contributed by atoms with E-state index in [1.54, 1.807) is 22.5 Å². The Hall–Kier alpha value is -2.00. The summed E-state index contributed by atoms with van der Waals surface area (Å²) >= 11 is 0. The summed E-state index contributed by atoms with van der Waals surface area (Å²) in [4.78, 5) is 5.15. The molecule has 0 aromatic heterocycles. The molecule has 34 heavy (non-hydrogen) atoms. The van der Waals surface area contributed by atoms with Crippen LogP contribution in [0.5, 0.6) is 0 Å². The zero-order valence-corrected chi connectivity index (χ0v) is 20.9. The monoisotopic (exact) mass is 506 g/mol. The maximum absolute atomic E-state index is 13.4. The lowest BCUT2D eigenvalue weighted by atomic mass is 9.85. The second-order valence-electron chi connectivity index (χ2n) is 9.26. The summed E-state index contributed by atoms with van der Waals surface area (Å²) in [6.07, 6.45) is 5.63. The van der Waals surface area contributed by atoms with E-state index in [0.717, 1.165) is 37.2 Å². The van der Waals surface area contributed by atoms with E-state index < -0.39 is 10.0 Å². The first-order chi connectivity index (χ1) is 16.0. The Morgan fingerprint density at radius 3 is 2.47 bits per heavy atom. The van der Waals surface area contributed by atoms with Crippen LogP contribution in [0.1, 0.15) is 42.4 Å². The maximum Gasteiger partial charge on any atom is 0.243 e. The molecule has 1 fully saturated rings. The van der Waals surface area contributed by atoms with Gasteiger partial charge in [0, 0.05) is 26.2 Å². The van der Waals surface area contributed by atoms with Gasteiger partial charge in [0.15, 0.2) is 0 Å². The standard InChI is InChI=1S/C25H31FN4O2S.ClH/c26-22-8-5-19(6-9-22)18-28-24-25(29-14-13-27-24)11-15-30(16-12-25)33(31,32)23-10-7-20-3-1-2-4-21(20)17-23;/h5-10,17,29H,1-4,11-16,18H2,(H,27,28);1H. The summed E-state index contributed by atoms with van der Waals surface area (Å²) in [5.41, 5.74) is 3.11. The lowest BCUT2D eigenvalue weighted by Crippen LogP contribution is -2.64. The Morgan fingerprint density at radius 1 is 1.03 bits per heavy atom. The van der Waals surface area contributed by atoms with Gasteiger partial charge in [-0.05, 0) is 79.5 Å². The van der Waals surface area contributed by atoms with Crippen LogP contribution in [0.4, 0.5) is 4.39 Å². The van der Waals surface area contributed by atoms with Crippen LogP contribution in [0.15, 0.2) is 52.4 Å². The summed E-state index contributed by atoms with van der Waals surface area (Å²) in [5.74, 6) is 0.628. The first kappa shape index (κ1) is 25.1. The van der Waals surface area contributed by atoms with Crippen molar-refractivity contribution in [3.8, 4) is 0 Å². The van der Waals surface area contributed by atoms with E-state index in [1.165, 1.54) is 29.7 Å². The van der Waals surface area contributed by atoms with Crippen molar-refractivity contribution in [2.75, 3.05) is 26.2 Å². The van der Waals surface area contributed by atoms with E-state index in [9.17, 15) is 12.8 Å². The minimum absolute atomic E-state index is 0. The maximum atomic E-state index is 13.4. The molecule has 9 heteroatoms. The Balaban J connectivity index is 0.00000274. The molecule has 1 spiro atoms. The molecular formula is C25H32ClFN4O2S. The highest BCUT2D eigenvalue weighted by Gasteiger charge is 2.43. The topological polar surface area (TPSA) is 73.8 Å². The van der Waals surface area contributed by atoms with Crippen molar-refractivity contribution in [1.29, 1.82) is 0 Å². The van der Waals surface area contributed by atoms with Gasteiger partial charge in [0.2, 0.25) is 10.0 Å². The van der Waals surface area contributed by atoms with Gasteiger partial charge in [0.25, 0.3) is 0 Å². The summed E-state index contributed by atoms with van der Waals surface area (Å²) in [6.45, 7) is 2.91. The minimum atomic E-state index is -3.52. The highest BCUT2D eigenvalue weighted by molar-refractivity contribution is 7.89. The van der Waals surface area contributed by atoms with Crippen molar-refractivity contribution in [3.63, 3.8) is 0 Å². The van der Waals surface area contributed by atoms with E-state index in [1.807, 2.05) is 12.1 Å². The van der Waals surface area contributed by atoms with Crippen molar-refractivity contribution in [2.24, 2.45) is 4.99 Å². The predicted octanol–water partition coefficient (Wildman–Crippen LogP) is 3.44. The number of hydrogen-bond acceptors (Lipinski definition) is 5. The number of nitrogens with zero attached hydrogens (tertiary/aromatic N) is 2. The second kappa shape index (κ2) is 10.3. The van der Waals surface area contributed by atoms with Gasteiger partial charge in [0.1, 0.15) is 11.7 Å². The van der Waals surface area contributed by atoms with Gasteiger partial charge in [-0.2, -0.15) is 4.31 Å². The number of fused-ring (bicyclic) bond motifs is 1. The van der Waals surface area contributed by atoms with Crippen LogP contribution >= 0.6 is 12.4 Å². The molecule has 0 bridgehead atoms. The number of benzene rings is 2. The van der Waals surface area contributed by atoms with Crippen LogP contribution in [0.3, 0.4) is 0 Å². The number of aliphatic imine (C=N–C) groups is 1. The van der Waals surface area contributed by atoms with E-state index in [0.29, 0.717) is 43.9 Å².